The van der Waals surface area contributed by atoms with Crippen LogP contribution in [0.1, 0.15) is 5.56 Å². The van der Waals surface area contributed by atoms with Crippen LogP contribution < -0.4 is 9.47 Å². The molecule has 0 amide bonds. The average Bonchev–Trinajstić information content (AvgIpc) is 2.41. The Morgan fingerprint density at radius 3 is 2.14 bits per heavy atom. The summed E-state index contributed by atoms with van der Waals surface area (Å²) < 4.78 is 45.1. The summed E-state index contributed by atoms with van der Waals surface area (Å²) >= 11 is 0. The third kappa shape index (κ3) is 4.91. The van der Waals surface area contributed by atoms with Crippen LogP contribution in [0.3, 0.4) is 0 Å². The zero-order chi connectivity index (χ0) is 15.3. The first-order valence-electron chi connectivity index (χ1n) is 6.19. The topological polar surface area (TPSA) is 38.7 Å². The van der Waals surface area contributed by atoms with Gasteiger partial charge in [0.25, 0.3) is 0 Å². The molecule has 112 valence electrons. The molecule has 2 aromatic carbocycles. The molecule has 2 rings (SSSR count). The second kappa shape index (κ2) is 6.39. The number of benzene rings is 2. The second-order valence-corrected chi connectivity index (χ2v) is 4.25. The zero-order valence-electron chi connectivity index (χ0n) is 10.9. The van der Waals surface area contributed by atoms with E-state index in [0.717, 1.165) is 5.56 Å². The van der Waals surface area contributed by atoms with Crippen LogP contribution in [0.15, 0.2) is 48.5 Å². The van der Waals surface area contributed by atoms with E-state index in [9.17, 15) is 18.3 Å². The first-order valence-corrected chi connectivity index (χ1v) is 6.19. The van der Waals surface area contributed by atoms with Gasteiger partial charge in [-0.25, -0.2) is 0 Å². The third-order valence-corrected chi connectivity index (χ3v) is 2.69. The molecule has 0 aliphatic carbocycles. The van der Waals surface area contributed by atoms with E-state index >= 15 is 0 Å². The van der Waals surface area contributed by atoms with Crippen molar-refractivity contribution in [3.05, 3.63) is 54.1 Å². The number of hydrogen-bond donors (Lipinski definition) is 1. The fraction of sp³-hybridized carbons (Fsp3) is 0.200. The lowest BCUT2D eigenvalue weighted by molar-refractivity contribution is -0.274. The fourth-order valence-electron chi connectivity index (χ4n) is 1.74. The van der Waals surface area contributed by atoms with Gasteiger partial charge in [-0.1, -0.05) is 18.2 Å². The molecule has 1 N–H and O–H groups in total. The number of para-hydroxylation sites is 1. The number of hydrogen-bond acceptors (Lipinski definition) is 3. The first-order chi connectivity index (χ1) is 9.94. The van der Waals surface area contributed by atoms with Crippen LogP contribution in [0.5, 0.6) is 17.2 Å². The van der Waals surface area contributed by atoms with Crippen molar-refractivity contribution < 1.29 is 27.8 Å². The number of rotatable bonds is 5. The molecule has 0 spiro atoms. The summed E-state index contributed by atoms with van der Waals surface area (Å²) in [5.74, 6) is 0.325. The lowest BCUT2D eigenvalue weighted by Gasteiger charge is -2.10. The third-order valence-electron chi connectivity index (χ3n) is 2.69. The number of phenolic OH excluding ortho intramolecular Hbond substituents is 1. The van der Waals surface area contributed by atoms with Gasteiger partial charge in [0, 0.05) is 6.42 Å². The lowest BCUT2D eigenvalue weighted by atomic mass is 10.1. The van der Waals surface area contributed by atoms with E-state index in [1.54, 1.807) is 24.3 Å². The minimum absolute atomic E-state index is 0.190. The van der Waals surface area contributed by atoms with Crippen molar-refractivity contribution in [3.63, 3.8) is 0 Å². The number of phenols is 1. The summed E-state index contributed by atoms with van der Waals surface area (Å²) in [6.45, 7) is 0.303. The maximum atomic E-state index is 12.0. The smallest absolute Gasteiger partial charge is 0.508 e. The van der Waals surface area contributed by atoms with Gasteiger partial charge in [0.1, 0.15) is 17.2 Å². The van der Waals surface area contributed by atoms with Gasteiger partial charge in [-0.05, 0) is 35.9 Å². The van der Waals surface area contributed by atoms with Crippen molar-refractivity contribution in [2.24, 2.45) is 0 Å². The molecule has 6 heteroatoms. The van der Waals surface area contributed by atoms with Gasteiger partial charge in [-0.2, -0.15) is 0 Å². The summed E-state index contributed by atoms with van der Waals surface area (Å²) in [7, 11) is 0. The van der Waals surface area contributed by atoms with Crippen molar-refractivity contribution in [2.45, 2.75) is 12.8 Å². The maximum absolute atomic E-state index is 12.0. The normalized spacial score (nSPS) is 11.2. The zero-order valence-corrected chi connectivity index (χ0v) is 10.9. The monoisotopic (exact) mass is 298 g/mol. The number of halogens is 3. The van der Waals surface area contributed by atoms with Gasteiger partial charge in [-0.15, -0.1) is 13.2 Å². The van der Waals surface area contributed by atoms with E-state index in [1.807, 2.05) is 0 Å². The molecular weight excluding hydrogens is 285 g/mol. The quantitative estimate of drug-likeness (QED) is 0.909. The highest BCUT2D eigenvalue weighted by atomic mass is 19.4. The van der Waals surface area contributed by atoms with Crippen LogP contribution in [-0.4, -0.2) is 18.1 Å². The molecule has 0 unspecified atom stereocenters. The molecule has 0 radical (unpaired) electrons. The Balaban J connectivity index is 1.85. The molecule has 3 nitrogen and oxygen atoms in total. The van der Waals surface area contributed by atoms with E-state index in [4.69, 9.17) is 4.74 Å². The van der Waals surface area contributed by atoms with Crippen molar-refractivity contribution in [1.82, 2.24) is 0 Å². The Morgan fingerprint density at radius 2 is 1.52 bits per heavy atom. The molecular formula is C15H13F3O3. The maximum Gasteiger partial charge on any atom is 0.573 e. The van der Waals surface area contributed by atoms with Gasteiger partial charge in [0.15, 0.2) is 0 Å². The van der Waals surface area contributed by atoms with Crippen LogP contribution in [0.25, 0.3) is 0 Å². The van der Waals surface area contributed by atoms with Crippen molar-refractivity contribution in [1.29, 1.82) is 0 Å². The van der Waals surface area contributed by atoms with E-state index in [1.165, 1.54) is 24.3 Å². The van der Waals surface area contributed by atoms with Crippen LogP contribution in [-0.2, 0) is 6.42 Å². The molecule has 0 aromatic heterocycles. The molecule has 0 aliphatic rings. The lowest BCUT2D eigenvalue weighted by Crippen LogP contribution is -2.16. The number of ether oxygens (including phenoxy) is 2. The summed E-state index contributed by atoms with van der Waals surface area (Å²) in [6, 6.07) is 12.0. The minimum atomic E-state index is -4.70. The number of aromatic hydroxyl groups is 1. The van der Waals surface area contributed by atoms with Gasteiger partial charge in [0.2, 0.25) is 0 Å². The Bertz CT molecular complexity index is 579. The summed E-state index contributed by atoms with van der Waals surface area (Å²) in [5, 5.41) is 9.57. The highest BCUT2D eigenvalue weighted by molar-refractivity contribution is 5.33. The molecule has 0 atom stereocenters. The van der Waals surface area contributed by atoms with Gasteiger partial charge >= 0.3 is 6.36 Å². The van der Waals surface area contributed by atoms with E-state index in [2.05, 4.69) is 4.74 Å². The molecule has 0 saturated heterocycles. The number of alkyl halides is 3. The summed E-state index contributed by atoms with van der Waals surface area (Å²) in [4.78, 5) is 0. The fourth-order valence-corrected chi connectivity index (χ4v) is 1.74. The van der Waals surface area contributed by atoms with Gasteiger partial charge in [0.05, 0.1) is 6.61 Å². The molecule has 0 bridgehead atoms. The SMILES string of the molecule is Oc1ccccc1CCOc1ccc(OC(F)(F)F)cc1. The predicted molar refractivity (Wildman–Crippen MR) is 70.4 cm³/mol. The Morgan fingerprint density at radius 1 is 0.905 bits per heavy atom. The van der Waals surface area contributed by atoms with Crippen molar-refractivity contribution >= 4 is 0 Å². The van der Waals surface area contributed by atoms with Crippen molar-refractivity contribution in [3.8, 4) is 17.2 Å². The Hall–Kier alpha value is -2.37. The second-order valence-electron chi connectivity index (χ2n) is 4.25. The van der Waals surface area contributed by atoms with Crippen LogP contribution in [0.4, 0.5) is 13.2 Å². The average molecular weight is 298 g/mol. The minimum Gasteiger partial charge on any atom is -0.508 e. The van der Waals surface area contributed by atoms with Gasteiger partial charge in [-0.3, -0.25) is 0 Å². The molecule has 21 heavy (non-hydrogen) atoms. The standard InChI is InChI=1S/C15H13F3O3/c16-15(17,18)21-13-7-5-12(6-8-13)20-10-9-11-3-1-2-4-14(11)19/h1-8,19H,9-10H2. The predicted octanol–water partition coefficient (Wildman–Crippen LogP) is 3.91. The Labute approximate surface area is 119 Å². The highest BCUT2D eigenvalue weighted by Gasteiger charge is 2.30. The Kier molecular flexibility index (Phi) is 4.57. The summed E-state index contributed by atoms with van der Waals surface area (Å²) in [5.41, 5.74) is 0.745. The van der Waals surface area contributed by atoms with Crippen LogP contribution >= 0.6 is 0 Å². The van der Waals surface area contributed by atoms with Crippen LogP contribution in [0, 0.1) is 0 Å². The van der Waals surface area contributed by atoms with E-state index < -0.39 is 6.36 Å². The molecule has 0 saturated carbocycles. The van der Waals surface area contributed by atoms with Crippen molar-refractivity contribution in [2.75, 3.05) is 6.61 Å². The molecule has 0 fully saturated rings. The molecule has 2 aromatic rings. The summed E-state index contributed by atoms with van der Waals surface area (Å²) in [6.07, 6.45) is -4.21. The van der Waals surface area contributed by atoms with E-state index in [0.29, 0.717) is 18.8 Å². The van der Waals surface area contributed by atoms with Gasteiger partial charge < -0.3 is 14.6 Å². The van der Waals surface area contributed by atoms with Crippen LogP contribution in [0.2, 0.25) is 0 Å². The molecule has 0 heterocycles. The molecule has 0 aliphatic heterocycles. The first kappa shape index (κ1) is 15.0. The highest BCUT2D eigenvalue weighted by Crippen LogP contribution is 2.25. The largest absolute Gasteiger partial charge is 0.573 e. The van der Waals surface area contributed by atoms with E-state index in [-0.39, 0.29) is 11.5 Å².